The molecule has 0 aliphatic heterocycles. The van der Waals surface area contributed by atoms with Gasteiger partial charge in [-0.25, -0.2) is 0 Å². The summed E-state index contributed by atoms with van der Waals surface area (Å²) in [4.78, 5) is 33.9. The molecule has 1 aliphatic carbocycles. The topological polar surface area (TPSA) is 62.3 Å². The molecule has 1 aliphatic rings. The van der Waals surface area contributed by atoms with E-state index in [1.54, 1.807) is 29.3 Å². The standard InChI is InChI=1S/C27H29N3O2/c1-19-11-4-5-15-23(19)30(25(31)22-14-6-9-18-28-22)27(16-7-8-17-27)26(32)29-24-20(2)12-10-13-21(24)3/h4-6,9-15,18H,7-8,16-17H2,1-3H3,(H,29,32). The smallest absolute Gasteiger partial charge is 0.277 e. The summed E-state index contributed by atoms with van der Waals surface area (Å²) < 4.78 is 0. The molecule has 5 heteroatoms. The van der Waals surface area contributed by atoms with Crippen LogP contribution in [0.5, 0.6) is 0 Å². The predicted molar refractivity (Wildman–Crippen MR) is 128 cm³/mol. The van der Waals surface area contributed by atoms with E-state index in [1.807, 2.05) is 63.2 Å². The van der Waals surface area contributed by atoms with Crippen molar-refractivity contribution in [3.8, 4) is 0 Å². The van der Waals surface area contributed by atoms with E-state index in [1.165, 1.54) is 0 Å². The monoisotopic (exact) mass is 427 g/mol. The number of aromatic nitrogens is 1. The van der Waals surface area contributed by atoms with E-state index in [-0.39, 0.29) is 11.8 Å². The van der Waals surface area contributed by atoms with E-state index in [0.29, 0.717) is 18.5 Å². The van der Waals surface area contributed by atoms with Crippen molar-refractivity contribution in [3.05, 3.63) is 89.2 Å². The van der Waals surface area contributed by atoms with Crippen LogP contribution in [0.3, 0.4) is 0 Å². The lowest BCUT2D eigenvalue weighted by molar-refractivity contribution is -0.121. The van der Waals surface area contributed by atoms with Crippen LogP contribution in [0.4, 0.5) is 11.4 Å². The Bertz CT molecular complexity index is 1110. The Labute approximate surface area is 189 Å². The molecule has 2 aromatic carbocycles. The third-order valence-electron chi connectivity index (χ3n) is 6.44. The molecule has 1 N–H and O–H groups in total. The lowest BCUT2D eigenvalue weighted by Crippen LogP contribution is -2.58. The molecule has 0 saturated heterocycles. The van der Waals surface area contributed by atoms with Gasteiger partial charge in [-0.05, 0) is 68.5 Å². The number of aryl methyl sites for hydroxylation is 3. The van der Waals surface area contributed by atoms with Crippen LogP contribution < -0.4 is 10.2 Å². The molecule has 164 valence electrons. The Morgan fingerprint density at radius 3 is 2.09 bits per heavy atom. The van der Waals surface area contributed by atoms with Gasteiger partial charge in [0.05, 0.1) is 0 Å². The normalized spacial score (nSPS) is 14.7. The Kier molecular flexibility index (Phi) is 6.08. The minimum atomic E-state index is -0.977. The highest BCUT2D eigenvalue weighted by Crippen LogP contribution is 2.41. The van der Waals surface area contributed by atoms with E-state index in [2.05, 4.69) is 10.3 Å². The Hall–Kier alpha value is -3.47. The maximum Gasteiger partial charge on any atom is 0.277 e. The molecule has 2 amide bonds. The first-order chi connectivity index (χ1) is 15.4. The maximum absolute atomic E-state index is 14.0. The molecule has 0 spiro atoms. The zero-order valence-electron chi connectivity index (χ0n) is 18.9. The molecule has 3 aromatic rings. The van der Waals surface area contributed by atoms with Gasteiger partial charge in [-0.2, -0.15) is 0 Å². The van der Waals surface area contributed by atoms with Gasteiger partial charge in [0.25, 0.3) is 11.8 Å². The van der Waals surface area contributed by atoms with Gasteiger partial charge in [0.2, 0.25) is 0 Å². The number of hydrogen-bond acceptors (Lipinski definition) is 3. The quantitative estimate of drug-likeness (QED) is 0.576. The van der Waals surface area contributed by atoms with Gasteiger partial charge >= 0.3 is 0 Å². The van der Waals surface area contributed by atoms with Crippen LogP contribution in [-0.4, -0.2) is 22.3 Å². The predicted octanol–water partition coefficient (Wildman–Crippen LogP) is 5.61. The second-order valence-corrected chi connectivity index (χ2v) is 8.60. The Morgan fingerprint density at radius 1 is 0.844 bits per heavy atom. The van der Waals surface area contributed by atoms with Gasteiger partial charge in [0.1, 0.15) is 11.2 Å². The van der Waals surface area contributed by atoms with Crippen molar-refractivity contribution in [2.45, 2.75) is 52.0 Å². The summed E-state index contributed by atoms with van der Waals surface area (Å²) in [6.07, 6.45) is 4.60. The third kappa shape index (κ3) is 3.91. The van der Waals surface area contributed by atoms with E-state index in [4.69, 9.17) is 0 Å². The van der Waals surface area contributed by atoms with Gasteiger partial charge in [-0.15, -0.1) is 0 Å². The zero-order chi connectivity index (χ0) is 22.7. The van der Waals surface area contributed by atoms with Gasteiger partial charge in [-0.1, -0.05) is 55.3 Å². The number of nitrogens with one attached hydrogen (secondary N) is 1. The highest BCUT2D eigenvalue weighted by Gasteiger charge is 2.50. The van der Waals surface area contributed by atoms with Crippen molar-refractivity contribution in [3.63, 3.8) is 0 Å². The lowest BCUT2D eigenvalue weighted by atomic mass is 9.90. The van der Waals surface area contributed by atoms with Crippen molar-refractivity contribution in [1.82, 2.24) is 4.98 Å². The number of carbonyl (C=O) groups is 2. The molecule has 0 radical (unpaired) electrons. The summed E-state index contributed by atoms with van der Waals surface area (Å²) in [5, 5.41) is 3.18. The minimum absolute atomic E-state index is 0.139. The van der Waals surface area contributed by atoms with Crippen LogP contribution in [-0.2, 0) is 4.79 Å². The fourth-order valence-corrected chi connectivity index (χ4v) is 4.71. The van der Waals surface area contributed by atoms with Crippen LogP contribution in [0.2, 0.25) is 0 Å². The second-order valence-electron chi connectivity index (χ2n) is 8.60. The van der Waals surface area contributed by atoms with Crippen LogP contribution >= 0.6 is 0 Å². The zero-order valence-corrected chi connectivity index (χ0v) is 18.9. The first-order valence-electron chi connectivity index (χ1n) is 11.1. The number of carbonyl (C=O) groups excluding carboxylic acids is 2. The summed E-state index contributed by atoms with van der Waals surface area (Å²) >= 11 is 0. The maximum atomic E-state index is 14.0. The van der Waals surface area contributed by atoms with Crippen LogP contribution in [0, 0.1) is 20.8 Å². The highest BCUT2D eigenvalue weighted by atomic mass is 16.2. The number of benzene rings is 2. The third-order valence-corrected chi connectivity index (χ3v) is 6.44. The molecular weight excluding hydrogens is 398 g/mol. The number of rotatable bonds is 5. The number of nitrogens with zero attached hydrogens (tertiary/aromatic N) is 2. The van der Waals surface area contributed by atoms with E-state index < -0.39 is 5.54 Å². The Morgan fingerprint density at radius 2 is 1.47 bits per heavy atom. The van der Waals surface area contributed by atoms with Gasteiger partial charge in [-0.3, -0.25) is 19.5 Å². The number of anilines is 2. The van der Waals surface area contributed by atoms with Crippen LogP contribution in [0.1, 0.15) is 52.9 Å². The molecule has 1 fully saturated rings. The summed E-state index contributed by atoms with van der Waals surface area (Å²) in [5.41, 5.74) is 3.88. The molecule has 5 nitrogen and oxygen atoms in total. The second kappa shape index (κ2) is 8.95. The van der Waals surface area contributed by atoms with E-state index >= 15 is 0 Å². The molecule has 4 rings (SSSR count). The van der Waals surface area contributed by atoms with Crippen LogP contribution in [0.25, 0.3) is 0 Å². The molecular formula is C27H29N3O2. The fraction of sp³-hybridized carbons (Fsp3) is 0.296. The minimum Gasteiger partial charge on any atom is -0.324 e. The first kappa shape index (κ1) is 21.8. The van der Waals surface area contributed by atoms with Crippen LogP contribution in [0.15, 0.2) is 66.9 Å². The molecule has 0 atom stereocenters. The van der Waals surface area contributed by atoms with E-state index in [0.717, 1.165) is 40.9 Å². The average Bonchev–Trinajstić information content (AvgIpc) is 3.29. The highest BCUT2D eigenvalue weighted by molar-refractivity contribution is 6.13. The lowest BCUT2D eigenvalue weighted by Gasteiger charge is -2.40. The Balaban J connectivity index is 1.83. The van der Waals surface area contributed by atoms with Crippen molar-refractivity contribution < 1.29 is 9.59 Å². The van der Waals surface area contributed by atoms with Crippen molar-refractivity contribution in [2.24, 2.45) is 0 Å². The average molecular weight is 428 g/mol. The largest absolute Gasteiger partial charge is 0.324 e. The van der Waals surface area contributed by atoms with Crippen molar-refractivity contribution >= 4 is 23.2 Å². The number of para-hydroxylation sites is 2. The number of amides is 2. The number of pyridine rings is 1. The summed E-state index contributed by atoms with van der Waals surface area (Å²) in [7, 11) is 0. The summed E-state index contributed by atoms with van der Waals surface area (Å²) in [5.74, 6) is -0.390. The SMILES string of the molecule is Cc1ccccc1N(C(=O)c1ccccn1)C1(C(=O)Nc2c(C)cccc2C)CCCC1. The molecule has 0 unspecified atom stereocenters. The van der Waals surface area contributed by atoms with Gasteiger partial charge < -0.3 is 5.32 Å². The molecule has 0 bridgehead atoms. The summed E-state index contributed by atoms with van der Waals surface area (Å²) in [6, 6.07) is 19.0. The van der Waals surface area contributed by atoms with Crippen molar-refractivity contribution in [2.75, 3.05) is 10.2 Å². The van der Waals surface area contributed by atoms with Gasteiger partial charge in [0, 0.05) is 17.6 Å². The van der Waals surface area contributed by atoms with E-state index in [9.17, 15) is 9.59 Å². The first-order valence-corrected chi connectivity index (χ1v) is 11.1. The van der Waals surface area contributed by atoms with Gasteiger partial charge in [0.15, 0.2) is 0 Å². The fourth-order valence-electron chi connectivity index (χ4n) is 4.71. The number of hydrogen-bond donors (Lipinski definition) is 1. The van der Waals surface area contributed by atoms with Crippen molar-refractivity contribution in [1.29, 1.82) is 0 Å². The molecule has 1 aromatic heterocycles. The summed E-state index contributed by atoms with van der Waals surface area (Å²) in [6.45, 7) is 5.95. The molecule has 1 saturated carbocycles. The molecule has 32 heavy (non-hydrogen) atoms. The molecule has 1 heterocycles.